The van der Waals surface area contributed by atoms with Crippen LogP contribution in [0.15, 0.2) is 59.1 Å². The predicted octanol–water partition coefficient (Wildman–Crippen LogP) is 3.11. The Hall–Kier alpha value is -2.92. The quantitative estimate of drug-likeness (QED) is 0.788. The van der Waals surface area contributed by atoms with E-state index >= 15 is 0 Å². The van der Waals surface area contributed by atoms with Crippen LogP contribution in [0.5, 0.6) is 0 Å². The van der Waals surface area contributed by atoms with Crippen molar-refractivity contribution in [2.45, 2.75) is 13.0 Å². The van der Waals surface area contributed by atoms with Crippen molar-refractivity contribution < 1.29 is 9.32 Å². The van der Waals surface area contributed by atoms with Gasteiger partial charge in [-0.15, -0.1) is 0 Å². The summed E-state index contributed by atoms with van der Waals surface area (Å²) in [5.74, 6) is 0.957. The molecule has 132 valence electrons. The van der Waals surface area contributed by atoms with E-state index in [1.165, 1.54) is 11.1 Å². The highest BCUT2D eigenvalue weighted by atomic mass is 16.5. The molecule has 0 aliphatic carbocycles. The van der Waals surface area contributed by atoms with Crippen LogP contribution in [-0.2, 0) is 17.8 Å². The molecule has 0 saturated heterocycles. The molecule has 0 unspecified atom stereocenters. The first-order valence-corrected chi connectivity index (χ1v) is 8.81. The summed E-state index contributed by atoms with van der Waals surface area (Å²) < 4.78 is 5.56. The SMILES string of the molecule is CNC(=O)CN1CCc2onc(-c3ccc(-c4ccccc4)cc3)c2C1. The van der Waals surface area contributed by atoms with Crippen molar-refractivity contribution in [3.63, 3.8) is 0 Å². The fourth-order valence-electron chi connectivity index (χ4n) is 3.36. The smallest absolute Gasteiger partial charge is 0.233 e. The van der Waals surface area contributed by atoms with E-state index in [4.69, 9.17) is 4.52 Å². The minimum atomic E-state index is 0.0265. The van der Waals surface area contributed by atoms with Gasteiger partial charge in [-0.2, -0.15) is 0 Å². The first-order valence-electron chi connectivity index (χ1n) is 8.81. The molecular formula is C21H21N3O2. The van der Waals surface area contributed by atoms with E-state index in [0.29, 0.717) is 13.1 Å². The lowest BCUT2D eigenvalue weighted by Gasteiger charge is -2.25. The van der Waals surface area contributed by atoms with Crippen LogP contribution in [0.25, 0.3) is 22.4 Å². The minimum absolute atomic E-state index is 0.0265. The number of likely N-dealkylation sites (N-methyl/N-ethyl adjacent to an activating group) is 1. The summed E-state index contributed by atoms with van der Waals surface area (Å²) in [6, 6.07) is 18.7. The summed E-state index contributed by atoms with van der Waals surface area (Å²) in [6.45, 7) is 1.89. The number of carbonyl (C=O) groups excluding carboxylic acids is 1. The highest BCUT2D eigenvalue weighted by molar-refractivity contribution is 5.77. The molecule has 26 heavy (non-hydrogen) atoms. The Kier molecular flexibility index (Phi) is 4.54. The van der Waals surface area contributed by atoms with Gasteiger partial charge < -0.3 is 9.84 Å². The van der Waals surface area contributed by atoms with E-state index in [-0.39, 0.29) is 5.91 Å². The number of carbonyl (C=O) groups is 1. The number of rotatable bonds is 4. The summed E-state index contributed by atoms with van der Waals surface area (Å²) in [7, 11) is 1.66. The molecule has 0 atom stereocenters. The lowest BCUT2D eigenvalue weighted by atomic mass is 9.99. The van der Waals surface area contributed by atoms with Crippen molar-refractivity contribution in [1.82, 2.24) is 15.4 Å². The van der Waals surface area contributed by atoms with Crippen molar-refractivity contribution in [2.75, 3.05) is 20.1 Å². The van der Waals surface area contributed by atoms with Gasteiger partial charge in [0.25, 0.3) is 0 Å². The standard InChI is InChI=1S/C21H21N3O2/c1-22-20(25)14-24-12-11-19-18(13-24)21(23-26-19)17-9-7-16(8-10-17)15-5-3-2-4-6-15/h2-10H,11-14H2,1H3,(H,22,25). The molecule has 2 heterocycles. The Morgan fingerprint density at radius 1 is 1.08 bits per heavy atom. The minimum Gasteiger partial charge on any atom is -0.360 e. The van der Waals surface area contributed by atoms with Crippen LogP contribution < -0.4 is 5.32 Å². The third-order valence-corrected chi connectivity index (χ3v) is 4.82. The van der Waals surface area contributed by atoms with E-state index in [9.17, 15) is 4.79 Å². The van der Waals surface area contributed by atoms with Gasteiger partial charge in [0.15, 0.2) is 0 Å². The largest absolute Gasteiger partial charge is 0.360 e. The third kappa shape index (κ3) is 3.26. The Morgan fingerprint density at radius 2 is 1.77 bits per heavy atom. The summed E-state index contributed by atoms with van der Waals surface area (Å²) in [5.41, 5.74) is 5.37. The maximum absolute atomic E-state index is 11.7. The average Bonchev–Trinajstić information content (AvgIpc) is 3.12. The van der Waals surface area contributed by atoms with Gasteiger partial charge in [-0.05, 0) is 11.1 Å². The van der Waals surface area contributed by atoms with Gasteiger partial charge in [0.1, 0.15) is 11.5 Å². The lowest BCUT2D eigenvalue weighted by molar-refractivity contribution is -0.122. The van der Waals surface area contributed by atoms with Gasteiger partial charge in [0.2, 0.25) is 5.91 Å². The van der Waals surface area contributed by atoms with Gasteiger partial charge in [0.05, 0.1) is 6.54 Å². The Balaban J connectivity index is 1.58. The Labute approximate surface area is 152 Å². The van der Waals surface area contributed by atoms with E-state index in [1.807, 2.05) is 18.2 Å². The van der Waals surface area contributed by atoms with Crippen LogP contribution in [0.2, 0.25) is 0 Å². The average molecular weight is 347 g/mol. The van der Waals surface area contributed by atoms with Gasteiger partial charge >= 0.3 is 0 Å². The zero-order valence-corrected chi connectivity index (χ0v) is 14.7. The molecule has 5 nitrogen and oxygen atoms in total. The van der Waals surface area contributed by atoms with Crippen molar-refractivity contribution in [2.24, 2.45) is 0 Å². The molecule has 1 aliphatic heterocycles. The molecular weight excluding hydrogens is 326 g/mol. The topological polar surface area (TPSA) is 58.4 Å². The molecule has 1 amide bonds. The van der Waals surface area contributed by atoms with Gasteiger partial charge in [-0.3, -0.25) is 9.69 Å². The van der Waals surface area contributed by atoms with Gasteiger partial charge in [0, 0.05) is 37.7 Å². The number of hydrogen-bond acceptors (Lipinski definition) is 4. The summed E-state index contributed by atoms with van der Waals surface area (Å²) in [4.78, 5) is 13.8. The molecule has 5 heteroatoms. The second-order valence-corrected chi connectivity index (χ2v) is 6.51. The highest BCUT2D eigenvalue weighted by Gasteiger charge is 2.25. The number of aromatic nitrogens is 1. The molecule has 3 aromatic rings. The fraction of sp³-hybridized carbons (Fsp3) is 0.238. The maximum Gasteiger partial charge on any atom is 0.233 e. The van der Waals surface area contributed by atoms with Gasteiger partial charge in [-0.25, -0.2) is 0 Å². The summed E-state index contributed by atoms with van der Waals surface area (Å²) >= 11 is 0. The molecule has 0 saturated carbocycles. The summed E-state index contributed by atoms with van der Waals surface area (Å²) in [6.07, 6.45) is 0.779. The first-order chi connectivity index (χ1) is 12.7. The number of benzene rings is 2. The van der Waals surface area contributed by atoms with Crippen LogP contribution >= 0.6 is 0 Å². The molecule has 0 radical (unpaired) electrons. The molecule has 0 spiro atoms. The maximum atomic E-state index is 11.7. The normalized spacial score (nSPS) is 14.0. The zero-order valence-electron chi connectivity index (χ0n) is 14.7. The number of nitrogens with one attached hydrogen (secondary N) is 1. The van der Waals surface area contributed by atoms with E-state index in [0.717, 1.165) is 35.5 Å². The molecule has 0 bridgehead atoms. The second kappa shape index (κ2) is 7.14. The van der Waals surface area contributed by atoms with E-state index in [1.54, 1.807) is 7.05 Å². The number of fused-ring (bicyclic) bond motifs is 1. The number of hydrogen-bond donors (Lipinski definition) is 1. The van der Waals surface area contributed by atoms with Crippen molar-refractivity contribution in [3.8, 4) is 22.4 Å². The molecule has 4 rings (SSSR count). The number of amides is 1. The van der Waals surface area contributed by atoms with Crippen LogP contribution in [0.3, 0.4) is 0 Å². The summed E-state index contributed by atoms with van der Waals surface area (Å²) in [5, 5.41) is 6.98. The Bertz CT molecular complexity index is 901. The van der Waals surface area contributed by atoms with Crippen LogP contribution in [0.4, 0.5) is 0 Å². The van der Waals surface area contributed by atoms with Crippen LogP contribution in [0.1, 0.15) is 11.3 Å². The third-order valence-electron chi connectivity index (χ3n) is 4.82. The molecule has 1 aromatic heterocycles. The van der Waals surface area contributed by atoms with Gasteiger partial charge in [-0.1, -0.05) is 59.8 Å². The first kappa shape index (κ1) is 16.5. The fourth-order valence-corrected chi connectivity index (χ4v) is 3.36. The zero-order chi connectivity index (χ0) is 17.9. The molecule has 2 aromatic carbocycles. The van der Waals surface area contributed by atoms with Crippen molar-refractivity contribution >= 4 is 5.91 Å². The Morgan fingerprint density at radius 3 is 2.50 bits per heavy atom. The molecule has 1 N–H and O–H groups in total. The van der Waals surface area contributed by atoms with E-state index in [2.05, 4.69) is 51.8 Å². The predicted molar refractivity (Wildman–Crippen MR) is 100 cm³/mol. The molecule has 0 fully saturated rings. The van der Waals surface area contributed by atoms with E-state index < -0.39 is 0 Å². The number of nitrogens with zero attached hydrogens (tertiary/aromatic N) is 2. The van der Waals surface area contributed by atoms with Crippen molar-refractivity contribution in [3.05, 3.63) is 65.9 Å². The molecule has 1 aliphatic rings. The van der Waals surface area contributed by atoms with Crippen LogP contribution in [0, 0.1) is 0 Å². The lowest BCUT2D eigenvalue weighted by Crippen LogP contribution is -2.38. The van der Waals surface area contributed by atoms with Crippen molar-refractivity contribution in [1.29, 1.82) is 0 Å². The second-order valence-electron chi connectivity index (χ2n) is 6.51. The highest BCUT2D eigenvalue weighted by Crippen LogP contribution is 2.31. The monoisotopic (exact) mass is 347 g/mol. The van der Waals surface area contributed by atoms with Crippen LogP contribution in [-0.4, -0.2) is 36.1 Å².